The van der Waals surface area contributed by atoms with Crippen LogP contribution in [0, 0.1) is 0 Å². The van der Waals surface area contributed by atoms with Crippen molar-refractivity contribution in [3.63, 3.8) is 0 Å². The van der Waals surface area contributed by atoms with Gasteiger partial charge in [-0.25, -0.2) is 8.42 Å². The summed E-state index contributed by atoms with van der Waals surface area (Å²) in [6, 6.07) is 16.0. The topological polar surface area (TPSA) is 166 Å². The summed E-state index contributed by atoms with van der Waals surface area (Å²) in [5.41, 5.74) is 9.93. The number of halogens is 1. The molecule has 2 aromatic carbocycles. The Bertz CT molecular complexity index is 1080. The first-order chi connectivity index (χ1) is 15.5. The molecule has 0 aromatic heterocycles. The lowest BCUT2D eigenvalue weighted by atomic mass is 9.84. The van der Waals surface area contributed by atoms with Crippen molar-refractivity contribution in [2.24, 2.45) is 16.5 Å². The Hall–Kier alpha value is -1.94. The quantitative estimate of drug-likeness (QED) is 0.196. The number of aliphatic imine (C=N–C) groups is 1. The number of thiocarbonyl (C=S) groups is 1. The summed E-state index contributed by atoms with van der Waals surface area (Å²) in [6.07, 6.45) is 2.39. The van der Waals surface area contributed by atoms with Gasteiger partial charge in [-0.05, 0) is 34.7 Å². The maximum absolute atomic E-state index is 12.3. The van der Waals surface area contributed by atoms with Gasteiger partial charge >= 0.3 is 6.08 Å². The number of hydrogen-bond acceptors (Lipinski definition) is 7. The molecule has 2 aromatic rings. The smallest absolute Gasteiger partial charge is 0.392 e. The zero-order valence-electron chi connectivity index (χ0n) is 18.6. The Kier molecular flexibility index (Phi) is 16.8. The van der Waals surface area contributed by atoms with E-state index in [1.807, 2.05) is 30.3 Å². The molecule has 0 saturated heterocycles. The molecule has 1 unspecified atom stereocenters. The van der Waals surface area contributed by atoms with E-state index >= 15 is 0 Å². The maximum Gasteiger partial charge on any atom is 0.392 e. The van der Waals surface area contributed by atoms with E-state index in [9.17, 15) is 8.42 Å². The van der Waals surface area contributed by atoms with Crippen LogP contribution in [0.3, 0.4) is 0 Å². The van der Waals surface area contributed by atoms with E-state index in [0.717, 1.165) is 11.8 Å². The normalized spacial score (nSPS) is 15.7. The number of benzene rings is 2. The van der Waals surface area contributed by atoms with Crippen molar-refractivity contribution in [3.8, 4) is 0 Å². The van der Waals surface area contributed by atoms with Gasteiger partial charge in [0.25, 0.3) is 10.4 Å². The number of amides is 1. The molecule has 6 N–H and O–H groups in total. The van der Waals surface area contributed by atoms with Gasteiger partial charge in [0.2, 0.25) is 0 Å². The molecule has 1 aliphatic rings. The molecule has 13 heteroatoms. The summed E-state index contributed by atoms with van der Waals surface area (Å²) in [7, 11) is -3.47. The van der Waals surface area contributed by atoms with Crippen LogP contribution >= 0.6 is 47.4 Å². The Morgan fingerprint density at radius 2 is 1.69 bits per heavy atom. The third kappa shape index (κ3) is 11.1. The standard InChI is InChI=1S/C17H16N2O4S2.C3H7I.CH3NOS.CH4.H2O/c1-25(20,21)14-10-6-5-9-13(14)17(12-7-3-2-4-8-12)11-22-16(19-17)23-15(18)24;1-2-3-4;2-1(3)4;;/h2-10H,11H2,1H3,(H2,18,24);2-3H2,1H3;(H3,2,3,4);1H4;1H2. The highest BCUT2D eigenvalue weighted by Crippen LogP contribution is 2.40. The fourth-order valence-corrected chi connectivity index (χ4v) is 3.85. The van der Waals surface area contributed by atoms with E-state index in [1.54, 1.807) is 24.3 Å². The lowest BCUT2D eigenvalue weighted by Crippen LogP contribution is -2.29. The van der Waals surface area contributed by atoms with Gasteiger partial charge in [-0.2, -0.15) is 4.99 Å². The van der Waals surface area contributed by atoms with E-state index in [2.05, 4.69) is 52.9 Å². The summed E-state index contributed by atoms with van der Waals surface area (Å²) in [4.78, 5) is 13.8. The first kappa shape index (κ1) is 35.2. The van der Waals surface area contributed by atoms with Gasteiger partial charge in [0.15, 0.2) is 15.4 Å². The van der Waals surface area contributed by atoms with Crippen molar-refractivity contribution in [1.82, 2.24) is 0 Å². The van der Waals surface area contributed by atoms with Crippen LogP contribution in [0.2, 0.25) is 0 Å². The Labute approximate surface area is 231 Å². The molecule has 196 valence electrons. The molecule has 35 heavy (non-hydrogen) atoms. The number of sulfone groups is 1. The lowest BCUT2D eigenvalue weighted by Gasteiger charge is -2.26. The van der Waals surface area contributed by atoms with Crippen molar-refractivity contribution in [3.05, 3.63) is 65.7 Å². The first-order valence-electron chi connectivity index (χ1n) is 9.57. The minimum Gasteiger partial charge on any atom is -0.447 e. The minimum absolute atomic E-state index is 0. The summed E-state index contributed by atoms with van der Waals surface area (Å²) >= 11 is 10.2. The molecular formula is C22H32IN3O6S3. The van der Waals surface area contributed by atoms with Crippen molar-refractivity contribution < 1.29 is 28.2 Å². The molecule has 0 saturated carbocycles. The van der Waals surface area contributed by atoms with Crippen LogP contribution in [0.5, 0.6) is 0 Å². The maximum atomic E-state index is 12.3. The monoisotopic (exact) mass is 657 g/mol. The van der Waals surface area contributed by atoms with E-state index in [-0.39, 0.29) is 35.7 Å². The van der Waals surface area contributed by atoms with Crippen molar-refractivity contribution in [2.75, 3.05) is 17.3 Å². The van der Waals surface area contributed by atoms with Crippen LogP contribution in [0.15, 0.2) is 64.5 Å². The van der Waals surface area contributed by atoms with Gasteiger partial charge in [-0.3, -0.25) is 4.79 Å². The molecule has 0 aliphatic carbocycles. The highest BCUT2D eigenvalue weighted by Gasteiger charge is 2.44. The summed E-state index contributed by atoms with van der Waals surface area (Å²) in [5, 5.41) is -0.862. The van der Waals surface area contributed by atoms with Crippen LogP contribution in [0.25, 0.3) is 0 Å². The summed E-state index contributed by atoms with van der Waals surface area (Å²) in [6.45, 7) is 2.24. The number of carbonyl (C=O) groups excluding carboxylic acids is 1. The first-order valence-corrected chi connectivity index (χ1v) is 13.8. The SMILES string of the molecule is C.CCCI.CS(=O)(=O)c1ccccc1C1(c2ccccc2)COC(OC(N)=S)=N1.NC(=O)S.O. The van der Waals surface area contributed by atoms with Crippen molar-refractivity contribution in [1.29, 1.82) is 0 Å². The number of carbonyl (C=O) groups is 1. The predicted molar refractivity (Wildman–Crippen MR) is 156 cm³/mol. The number of ether oxygens (including phenoxy) is 2. The van der Waals surface area contributed by atoms with Crippen LogP contribution in [0.4, 0.5) is 4.79 Å². The fraction of sp³-hybridized carbons (Fsp3) is 0.318. The molecule has 0 radical (unpaired) electrons. The highest BCUT2D eigenvalue weighted by molar-refractivity contribution is 14.1. The molecule has 0 bridgehead atoms. The van der Waals surface area contributed by atoms with Crippen LogP contribution in [-0.2, 0) is 24.8 Å². The molecular weight excluding hydrogens is 625 g/mol. The summed E-state index contributed by atoms with van der Waals surface area (Å²) < 4.78 is 36.5. The number of primary amides is 1. The molecule has 0 spiro atoms. The van der Waals surface area contributed by atoms with E-state index in [0.29, 0.717) is 5.56 Å². The second-order valence-corrected chi connectivity index (χ2v) is 10.5. The van der Waals surface area contributed by atoms with E-state index in [1.165, 1.54) is 10.8 Å². The molecule has 1 atom stereocenters. The van der Waals surface area contributed by atoms with E-state index in [4.69, 9.17) is 32.2 Å². The van der Waals surface area contributed by atoms with E-state index < -0.39 is 20.6 Å². The van der Waals surface area contributed by atoms with Crippen LogP contribution in [-0.4, -0.2) is 47.7 Å². The second kappa shape index (κ2) is 16.7. The van der Waals surface area contributed by atoms with Crippen LogP contribution in [0.1, 0.15) is 31.9 Å². The lowest BCUT2D eigenvalue weighted by molar-refractivity contribution is 0.234. The molecule has 1 amide bonds. The number of alkyl halides is 1. The van der Waals surface area contributed by atoms with Gasteiger partial charge in [0.1, 0.15) is 6.61 Å². The number of hydrogen-bond donors (Lipinski definition) is 3. The van der Waals surface area contributed by atoms with Gasteiger partial charge in [-0.15, -0.1) is 0 Å². The zero-order valence-corrected chi connectivity index (χ0v) is 23.3. The number of nitrogens with zero attached hydrogens (tertiary/aromatic N) is 1. The largest absolute Gasteiger partial charge is 0.447 e. The highest BCUT2D eigenvalue weighted by atomic mass is 127. The van der Waals surface area contributed by atoms with Gasteiger partial charge in [0.05, 0.1) is 4.90 Å². The molecule has 0 fully saturated rings. The minimum atomic E-state index is -3.47. The van der Waals surface area contributed by atoms with Crippen LogP contribution < -0.4 is 11.5 Å². The van der Waals surface area contributed by atoms with Gasteiger partial charge < -0.3 is 26.4 Å². The average Bonchev–Trinajstić information content (AvgIpc) is 3.18. The van der Waals surface area contributed by atoms with Gasteiger partial charge in [-0.1, -0.05) is 98.1 Å². The molecule has 9 nitrogen and oxygen atoms in total. The summed E-state index contributed by atoms with van der Waals surface area (Å²) in [5.74, 6) is 0. The van der Waals surface area contributed by atoms with Gasteiger partial charge in [0, 0.05) is 11.8 Å². The number of nitrogens with two attached hydrogens (primary N) is 2. The zero-order chi connectivity index (χ0) is 25.1. The molecule has 3 rings (SSSR count). The number of rotatable bonds is 4. The fourth-order valence-electron chi connectivity index (χ4n) is 2.81. The third-order valence-corrected chi connectivity index (χ3v) is 6.36. The second-order valence-electron chi connectivity index (χ2n) is 6.61. The number of thiol groups is 1. The Morgan fingerprint density at radius 3 is 2.14 bits per heavy atom. The van der Waals surface area contributed by atoms with Crippen molar-refractivity contribution in [2.45, 2.75) is 31.2 Å². The predicted octanol–water partition coefficient (Wildman–Crippen LogP) is 3.62. The Morgan fingerprint density at radius 1 is 1.20 bits per heavy atom. The molecule has 1 aliphatic heterocycles. The third-order valence-electron chi connectivity index (χ3n) is 4.05. The van der Waals surface area contributed by atoms with Crippen molar-refractivity contribution >= 4 is 73.8 Å². The average molecular weight is 658 g/mol. The molecule has 1 heterocycles. The Balaban J connectivity index is 0.